The second-order valence-corrected chi connectivity index (χ2v) is 15.7. The lowest BCUT2D eigenvalue weighted by molar-refractivity contribution is 0.660. The van der Waals surface area contributed by atoms with Crippen LogP contribution in [0.1, 0.15) is 25.0 Å². The van der Waals surface area contributed by atoms with Crippen LogP contribution >= 0.6 is 0 Å². The molecule has 10 aromatic rings. The van der Waals surface area contributed by atoms with E-state index in [2.05, 4.69) is 230 Å². The fourth-order valence-electron chi connectivity index (χ4n) is 9.45. The smallest absolute Gasteiger partial charge is 0.0543 e. The fraction of sp³-hybridized carbons (Fsp3) is 0.0545. The third kappa shape index (κ3) is 5.25. The van der Waals surface area contributed by atoms with Gasteiger partial charge in [0.2, 0.25) is 0 Å². The van der Waals surface area contributed by atoms with Gasteiger partial charge in [-0.25, -0.2) is 0 Å². The van der Waals surface area contributed by atoms with Crippen LogP contribution in [0.25, 0.3) is 71.6 Å². The number of nitrogens with zero attached hydrogens (tertiary/aromatic N) is 2. The SMILES string of the molecule is CC1(C)c2ccccc2-c2c(N(c3ccc(-c4ccc5c(c4)c4ccccc4n5-c4ccccc4)cc3)c3cccc(-c4cccc5ccccc45)c3)cccc21. The highest BCUT2D eigenvalue weighted by Crippen LogP contribution is 2.54. The quantitative estimate of drug-likeness (QED) is 0.165. The molecule has 0 atom stereocenters. The summed E-state index contributed by atoms with van der Waals surface area (Å²) in [5.41, 5.74) is 17.1. The lowest BCUT2D eigenvalue weighted by atomic mass is 9.82. The van der Waals surface area contributed by atoms with Crippen LogP contribution in [-0.2, 0) is 5.41 Å². The Morgan fingerprint density at radius 2 is 1.05 bits per heavy atom. The standard InChI is InChI=1S/C55H40N2/c1-55(2)49-25-10-8-23-47(49)54-50(55)26-14-28-53(54)56(43-20-12-17-40(35-43)45-24-13-16-38-15-6-7-21-44(38)45)42-32-29-37(30-33-42)39-31-34-52-48(36-39)46-22-9-11-27-51(46)57(52)41-18-4-3-5-19-41/h3-36H,1-2H3. The minimum Gasteiger partial charge on any atom is -0.310 e. The summed E-state index contributed by atoms with van der Waals surface area (Å²) in [5.74, 6) is 0. The van der Waals surface area contributed by atoms with Gasteiger partial charge in [0.15, 0.2) is 0 Å². The van der Waals surface area contributed by atoms with E-state index < -0.39 is 0 Å². The van der Waals surface area contributed by atoms with Crippen LogP contribution < -0.4 is 4.90 Å². The number of para-hydroxylation sites is 2. The normalized spacial score (nSPS) is 12.9. The third-order valence-electron chi connectivity index (χ3n) is 12.2. The van der Waals surface area contributed by atoms with Crippen molar-refractivity contribution in [2.45, 2.75) is 19.3 Å². The molecule has 0 saturated heterocycles. The van der Waals surface area contributed by atoms with Gasteiger partial charge >= 0.3 is 0 Å². The molecule has 9 aromatic carbocycles. The highest BCUT2D eigenvalue weighted by molar-refractivity contribution is 6.10. The molecule has 11 rings (SSSR count). The molecular weight excluding hydrogens is 689 g/mol. The molecule has 0 unspecified atom stereocenters. The average Bonchev–Trinajstić information content (AvgIpc) is 3.72. The minimum absolute atomic E-state index is 0.107. The van der Waals surface area contributed by atoms with Gasteiger partial charge in [-0.2, -0.15) is 0 Å². The summed E-state index contributed by atoms with van der Waals surface area (Å²) in [6.07, 6.45) is 0. The zero-order chi connectivity index (χ0) is 38.1. The van der Waals surface area contributed by atoms with Gasteiger partial charge in [-0.15, -0.1) is 0 Å². The van der Waals surface area contributed by atoms with E-state index in [0.717, 1.165) is 11.4 Å². The Labute approximate surface area is 333 Å². The number of aromatic nitrogens is 1. The van der Waals surface area contributed by atoms with Gasteiger partial charge in [0.25, 0.3) is 0 Å². The molecule has 0 radical (unpaired) electrons. The molecule has 0 saturated carbocycles. The Hall–Kier alpha value is -7.16. The van der Waals surface area contributed by atoms with E-state index in [4.69, 9.17) is 0 Å². The predicted octanol–water partition coefficient (Wildman–Crippen LogP) is 15.0. The van der Waals surface area contributed by atoms with Crippen LogP contribution in [0, 0.1) is 0 Å². The highest BCUT2D eigenvalue weighted by atomic mass is 15.1. The van der Waals surface area contributed by atoms with Crippen LogP contribution in [0.3, 0.4) is 0 Å². The first-order valence-corrected chi connectivity index (χ1v) is 19.9. The Bertz CT molecular complexity index is 3140. The number of rotatable bonds is 6. The van der Waals surface area contributed by atoms with Gasteiger partial charge in [-0.05, 0) is 110 Å². The Balaban J connectivity index is 1.07. The van der Waals surface area contributed by atoms with E-state index in [0.29, 0.717) is 0 Å². The van der Waals surface area contributed by atoms with Gasteiger partial charge in [-0.1, -0.05) is 159 Å². The van der Waals surface area contributed by atoms with Crippen molar-refractivity contribution in [3.8, 4) is 39.1 Å². The average molecular weight is 729 g/mol. The Morgan fingerprint density at radius 3 is 1.93 bits per heavy atom. The van der Waals surface area contributed by atoms with Crippen LogP contribution in [0.15, 0.2) is 206 Å². The first-order chi connectivity index (χ1) is 28.0. The van der Waals surface area contributed by atoms with E-state index in [-0.39, 0.29) is 5.41 Å². The lowest BCUT2D eigenvalue weighted by Gasteiger charge is -2.29. The van der Waals surface area contributed by atoms with Gasteiger partial charge in [-0.3, -0.25) is 0 Å². The predicted molar refractivity (Wildman–Crippen MR) is 241 cm³/mol. The molecule has 0 aliphatic heterocycles. The minimum atomic E-state index is -0.107. The van der Waals surface area contributed by atoms with Crippen molar-refractivity contribution in [1.82, 2.24) is 4.57 Å². The topological polar surface area (TPSA) is 8.17 Å². The van der Waals surface area contributed by atoms with Crippen LogP contribution in [-0.4, -0.2) is 4.57 Å². The lowest BCUT2D eigenvalue weighted by Crippen LogP contribution is -2.16. The van der Waals surface area contributed by atoms with Crippen molar-refractivity contribution in [3.63, 3.8) is 0 Å². The molecule has 0 N–H and O–H groups in total. The summed E-state index contributed by atoms with van der Waals surface area (Å²) in [6, 6.07) is 75.6. The molecule has 1 aliphatic rings. The number of anilines is 3. The fourth-order valence-corrected chi connectivity index (χ4v) is 9.45. The maximum Gasteiger partial charge on any atom is 0.0543 e. The maximum absolute atomic E-state index is 2.46. The molecular formula is C55H40N2. The first-order valence-electron chi connectivity index (χ1n) is 19.9. The number of hydrogen-bond donors (Lipinski definition) is 0. The van der Waals surface area contributed by atoms with Crippen LogP contribution in [0.2, 0.25) is 0 Å². The molecule has 270 valence electrons. The summed E-state index contributed by atoms with van der Waals surface area (Å²) < 4.78 is 2.37. The van der Waals surface area contributed by atoms with Crippen LogP contribution in [0.5, 0.6) is 0 Å². The second kappa shape index (κ2) is 13.0. The molecule has 0 fully saturated rings. The van der Waals surface area contributed by atoms with Crippen molar-refractivity contribution in [3.05, 3.63) is 217 Å². The van der Waals surface area contributed by atoms with Crippen molar-refractivity contribution < 1.29 is 0 Å². The molecule has 1 aromatic heterocycles. The monoisotopic (exact) mass is 728 g/mol. The van der Waals surface area contributed by atoms with Gasteiger partial charge in [0.1, 0.15) is 0 Å². The number of benzene rings is 9. The Morgan fingerprint density at radius 1 is 0.404 bits per heavy atom. The van der Waals surface area contributed by atoms with Crippen LogP contribution in [0.4, 0.5) is 17.1 Å². The van der Waals surface area contributed by atoms with Gasteiger partial charge < -0.3 is 9.47 Å². The molecule has 2 heteroatoms. The van der Waals surface area contributed by atoms with Crippen molar-refractivity contribution >= 4 is 49.6 Å². The summed E-state index contributed by atoms with van der Waals surface area (Å²) in [5, 5.41) is 5.01. The largest absolute Gasteiger partial charge is 0.310 e. The second-order valence-electron chi connectivity index (χ2n) is 15.7. The third-order valence-corrected chi connectivity index (χ3v) is 12.2. The molecule has 1 heterocycles. The molecule has 0 spiro atoms. The molecule has 2 nitrogen and oxygen atoms in total. The van der Waals surface area contributed by atoms with Gasteiger partial charge in [0, 0.05) is 38.8 Å². The molecule has 1 aliphatic carbocycles. The number of hydrogen-bond acceptors (Lipinski definition) is 1. The molecule has 57 heavy (non-hydrogen) atoms. The maximum atomic E-state index is 2.46. The first kappa shape index (κ1) is 33.2. The van der Waals surface area contributed by atoms with E-state index in [1.165, 1.54) is 88.5 Å². The summed E-state index contributed by atoms with van der Waals surface area (Å²) in [7, 11) is 0. The zero-order valence-corrected chi connectivity index (χ0v) is 32.0. The van der Waals surface area contributed by atoms with E-state index in [1.807, 2.05) is 0 Å². The summed E-state index contributed by atoms with van der Waals surface area (Å²) >= 11 is 0. The van der Waals surface area contributed by atoms with E-state index in [9.17, 15) is 0 Å². The summed E-state index contributed by atoms with van der Waals surface area (Å²) in [4.78, 5) is 2.46. The van der Waals surface area contributed by atoms with Crippen molar-refractivity contribution in [2.24, 2.45) is 0 Å². The van der Waals surface area contributed by atoms with Gasteiger partial charge in [0.05, 0.1) is 16.7 Å². The molecule has 0 amide bonds. The molecule has 0 bridgehead atoms. The van der Waals surface area contributed by atoms with E-state index >= 15 is 0 Å². The van der Waals surface area contributed by atoms with Crippen molar-refractivity contribution in [1.29, 1.82) is 0 Å². The van der Waals surface area contributed by atoms with E-state index in [1.54, 1.807) is 0 Å². The zero-order valence-electron chi connectivity index (χ0n) is 32.0. The highest BCUT2D eigenvalue weighted by Gasteiger charge is 2.37. The number of fused-ring (bicyclic) bond motifs is 7. The van der Waals surface area contributed by atoms with Crippen molar-refractivity contribution in [2.75, 3.05) is 4.90 Å². The Kier molecular flexibility index (Phi) is 7.55. The summed E-state index contributed by atoms with van der Waals surface area (Å²) in [6.45, 7) is 4.71.